The zero-order valence-corrected chi connectivity index (χ0v) is 28.8. The minimum atomic E-state index is -0.789. The van der Waals surface area contributed by atoms with Crippen LogP contribution in [0.4, 0.5) is 10.5 Å². The molecule has 3 N–H and O–H groups in total. The van der Waals surface area contributed by atoms with Gasteiger partial charge in [-0.25, -0.2) is 4.79 Å². The highest BCUT2D eigenvalue weighted by atomic mass is 16.6. The summed E-state index contributed by atoms with van der Waals surface area (Å²) in [6.45, 7) is 14.2. The van der Waals surface area contributed by atoms with Gasteiger partial charge >= 0.3 is 6.09 Å². The van der Waals surface area contributed by atoms with Gasteiger partial charge in [0.1, 0.15) is 11.4 Å². The van der Waals surface area contributed by atoms with E-state index >= 15 is 0 Å². The second-order valence-electron chi connectivity index (χ2n) is 16.7. The summed E-state index contributed by atoms with van der Waals surface area (Å²) in [7, 11) is 0. The molecule has 0 radical (unpaired) electrons. The highest BCUT2D eigenvalue weighted by molar-refractivity contribution is 6.38. The van der Waals surface area contributed by atoms with Crippen LogP contribution in [0, 0.1) is 17.3 Å². The number of fused-ring (bicyclic) bond motifs is 6. The first-order valence-electron chi connectivity index (χ1n) is 17.3. The Kier molecular flexibility index (Phi) is 7.88. The van der Waals surface area contributed by atoms with Crippen LogP contribution in [-0.2, 0) is 38.0 Å². The van der Waals surface area contributed by atoms with Crippen molar-refractivity contribution in [3.63, 3.8) is 0 Å². The van der Waals surface area contributed by atoms with Gasteiger partial charge in [0.2, 0.25) is 5.78 Å². The first-order chi connectivity index (χ1) is 21.5. The Hall–Kier alpha value is -3.35. The molecule has 2 fully saturated rings. The van der Waals surface area contributed by atoms with E-state index in [1.807, 2.05) is 45.9 Å². The quantitative estimate of drug-likeness (QED) is 0.299. The van der Waals surface area contributed by atoms with Crippen LogP contribution in [0.3, 0.4) is 0 Å². The number of amides is 2. The number of rotatable bonds is 4. The van der Waals surface area contributed by atoms with Crippen LogP contribution >= 0.6 is 0 Å². The molecule has 2 saturated carbocycles. The number of hydrogen-bond donors (Lipinski definition) is 3. The average molecular weight is 629 g/mol. The minimum Gasteiger partial charge on any atom is -0.508 e. The monoisotopic (exact) mass is 628 g/mol. The Morgan fingerprint density at radius 1 is 0.804 bits per heavy atom. The maximum Gasteiger partial charge on any atom is 0.412 e. The molecule has 7 heteroatoms. The first kappa shape index (κ1) is 32.6. The van der Waals surface area contributed by atoms with E-state index in [9.17, 15) is 19.5 Å². The molecule has 7 nitrogen and oxygen atoms in total. The van der Waals surface area contributed by atoms with Crippen molar-refractivity contribution in [1.82, 2.24) is 5.32 Å². The number of carbonyl (C=O) groups is 3. The molecular weight excluding hydrogens is 576 g/mol. The fraction of sp³-hybridized carbons (Fsp3) is 0.615. The third-order valence-electron chi connectivity index (χ3n) is 12.5. The van der Waals surface area contributed by atoms with Gasteiger partial charge < -0.3 is 15.2 Å². The van der Waals surface area contributed by atoms with Crippen molar-refractivity contribution < 1.29 is 24.2 Å². The lowest BCUT2D eigenvalue weighted by Crippen LogP contribution is -2.63. The molecule has 248 valence electrons. The molecule has 2 aromatic rings. The summed E-state index contributed by atoms with van der Waals surface area (Å²) in [6, 6.07) is 11.8. The molecule has 2 amide bonds. The van der Waals surface area contributed by atoms with Crippen molar-refractivity contribution >= 4 is 23.5 Å². The Balaban J connectivity index is 1.24. The van der Waals surface area contributed by atoms with E-state index in [1.165, 1.54) is 16.7 Å². The Morgan fingerprint density at radius 3 is 2.07 bits per heavy atom. The number of carbonyl (C=O) groups excluding carboxylic acids is 3. The number of nitrogens with one attached hydrogen (secondary N) is 2. The van der Waals surface area contributed by atoms with Gasteiger partial charge in [-0.05, 0) is 148 Å². The largest absolute Gasteiger partial charge is 0.508 e. The van der Waals surface area contributed by atoms with E-state index < -0.39 is 28.6 Å². The van der Waals surface area contributed by atoms with Crippen LogP contribution in [0.5, 0.6) is 5.75 Å². The van der Waals surface area contributed by atoms with Crippen LogP contribution in [0.15, 0.2) is 36.4 Å². The van der Waals surface area contributed by atoms with Crippen molar-refractivity contribution in [1.29, 1.82) is 0 Å². The van der Waals surface area contributed by atoms with Gasteiger partial charge in [-0.2, -0.15) is 0 Å². The van der Waals surface area contributed by atoms with Gasteiger partial charge in [0, 0.05) is 16.6 Å². The van der Waals surface area contributed by atoms with Crippen molar-refractivity contribution in [3.05, 3.63) is 58.7 Å². The van der Waals surface area contributed by atoms with E-state index in [0.29, 0.717) is 12.1 Å². The maximum atomic E-state index is 14.5. The Morgan fingerprint density at radius 2 is 1.39 bits per heavy atom. The summed E-state index contributed by atoms with van der Waals surface area (Å²) in [5, 5.41) is 16.6. The molecule has 0 unspecified atom stereocenters. The minimum absolute atomic E-state index is 0.00485. The van der Waals surface area contributed by atoms with Crippen molar-refractivity contribution in [2.24, 2.45) is 17.3 Å². The highest BCUT2D eigenvalue weighted by Gasteiger charge is 2.58. The number of phenols is 1. The summed E-state index contributed by atoms with van der Waals surface area (Å²) in [5.74, 6) is -0.294. The van der Waals surface area contributed by atoms with Gasteiger partial charge in [-0.3, -0.25) is 14.9 Å². The number of phenolic OH excluding ortho intramolecular Hbond substituents is 1. The van der Waals surface area contributed by atoms with Crippen LogP contribution in [0.25, 0.3) is 0 Å². The Labute approximate surface area is 274 Å². The van der Waals surface area contributed by atoms with Crippen molar-refractivity contribution in [2.75, 3.05) is 5.32 Å². The van der Waals surface area contributed by atoms with E-state index in [1.54, 1.807) is 6.07 Å². The van der Waals surface area contributed by atoms with Crippen molar-refractivity contribution in [3.8, 4) is 5.75 Å². The lowest BCUT2D eigenvalue weighted by atomic mass is 9.48. The van der Waals surface area contributed by atoms with Crippen LogP contribution < -0.4 is 10.6 Å². The number of aromatic hydroxyl groups is 1. The molecule has 0 spiro atoms. The Bertz CT molecular complexity index is 1580. The SMILES string of the molecule is CC(C)(C)OC(=O)Nc1ccc2c(c1)[C@@]1(C)CCC[C@](C)(C(=O)C(=O)N[C@@]3(C)CCC[C@]4(C)c5cc(O)ccc5CC[C@@H]34)[C@@H]1CC2. The second kappa shape index (κ2) is 11.1. The topological polar surface area (TPSA) is 105 Å². The van der Waals surface area contributed by atoms with E-state index in [0.717, 1.165) is 63.4 Å². The normalized spacial score (nSPS) is 33.4. The predicted molar refractivity (Wildman–Crippen MR) is 180 cm³/mol. The number of ketones is 1. The van der Waals surface area contributed by atoms with Crippen LogP contribution in [0.1, 0.15) is 122 Å². The molecule has 0 aliphatic heterocycles. The maximum absolute atomic E-state index is 14.5. The average Bonchev–Trinajstić information content (AvgIpc) is 2.96. The zero-order chi connectivity index (χ0) is 33.3. The summed E-state index contributed by atoms with van der Waals surface area (Å²) in [5.41, 5.74) is 3.17. The molecule has 46 heavy (non-hydrogen) atoms. The summed E-state index contributed by atoms with van der Waals surface area (Å²) >= 11 is 0. The smallest absolute Gasteiger partial charge is 0.412 e. The zero-order valence-electron chi connectivity index (χ0n) is 28.8. The molecule has 6 atom stereocenters. The van der Waals surface area contributed by atoms with Crippen LogP contribution in [0.2, 0.25) is 0 Å². The number of ether oxygens (including phenoxy) is 1. The molecule has 0 saturated heterocycles. The van der Waals surface area contributed by atoms with E-state index in [-0.39, 0.29) is 34.2 Å². The van der Waals surface area contributed by atoms with Crippen molar-refractivity contribution in [2.45, 2.75) is 135 Å². The number of benzene rings is 2. The summed E-state index contributed by atoms with van der Waals surface area (Å²) < 4.78 is 5.49. The number of anilines is 1. The second-order valence-corrected chi connectivity index (χ2v) is 16.7. The van der Waals surface area contributed by atoms with Gasteiger partial charge in [0.15, 0.2) is 0 Å². The number of hydrogen-bond acceptors (Lipinski definition) is 5. The standard InChI is InChI=1S/C39H52N2O5/c1-35(2,3)46-34(45)40-26-14-10-24-12-16-30-36(4,28(24)22-26)18-8-20-38(30,6)32(43)33(44)41-39(7)21-9-19-37(5)29-23-27(42)15-11-25(29)13-17-31(37)39/h10-11,14-15,22-23,30-31,42H,8-9,12-13,16-21H2,1-7H3,(H,40,45)(H,41,44)/t30-,31-,36-,37-,38+,39+/m1/s1. The number of aryl methyl sites for hydroxylation is 2. The van der Waals surface area contributed by atoms with E-state index in [2.05, 4.69) is 43.5 Å². The summed E-state index contributed by atoms with van der Waals surface area (Å²) in [4.78, 5) is 41.2. The molecule has 0 bridgehead atoms. The fourth-order valence-electron chi connectivity index (χ4n) is 10.4. The van der Waals surface area contributed by atoms with Gasteiger partial charge in [0.05, 0.1) is 0 Å². The van der Waals surface area contributed by atoms with Gasteiger partial charge in [-0.15, -0.1) is 0 Å². The molecule has 0 aromatic heterocycles. The third-order valence-corrected chi connectivity index (χ3v) is 12.5. The first-order valence-corrected chi connectivity index (χ1v) is 17.3. The third kappa shape index (κ3) is 5.41. The van der Waals surface area contributed by atoms with E-state index in [4.69, 9.17) is 4.74 Å². The molecular formula is C39H52N2O5. The highest BCUT2D eigenvalue weighted by Crippen LogP contribution is 2.58. The van der Waals surface area contributed by atoms with Gasteiger partial charge in [0.25, 0.3) is 5.91 Å². The predicted octanol–water partition coefficient (Wildman–Crippen LogP) is 7.90. The lowest BCUT2D eigenvalue weighted by molar-refractivity contribution is -0.151. The fourth-order valence-corrected chi connectivity index (χ4v) is 10.4. The summed E-state index contributed by atoms with van der Waals surface area (Å²) in [6.07, 6.45) is 8.26. The lowest BCUT2D eigenvalue weighted by Gasteiger charge is -2.56. The molecule has 4 aliphatic carbocycles. The van der Waals surface area contributed by atoms with Crippen LogP contribution in [-0.4, -0.2) is 34.0 Å². The molecule has 6 rings (SSSR count). The number of Topliss-reactive ketones (excluding diaryl/α,β-unsaturated/α-hetero) is 1. The van der Waals surface area contributed by atoms with Gasteiger partial charge in [-0.1, -0.05) is 45.7 Å². The molecule has 2 aromatic carbocycles. The molecule has 0 heterocycles. The molecule has 4 aliphatic rings.